The predicted molar refractivity (Wildman–Crippen MR) is 80.0 cm³/mol. The van der Waals surface area contributed by atoms with Gasteiger partial charge in [0.1, 0.15) is 0 Å². The zero-order valence-electron chi connectivity index (χ0n) is 10.0. The number of ether oxygens (including phenoxy) is 1. The van der Waals surface area contributed by atoms with Gasteiger partial charge in [-0.2, -0.15) is 0 Å². The number of hydrogen-bond donors (Lipinski definition) is 1. The highest BCUT2D eigenvalue weighted by atomic mass is 79.9. The Morgan fingerprint density at radius 1 is 1.50 bits per heavy atom. The molecule has 98 valence electrons. The van der Waals surface area contributed by atoms with Gasteiger partial charge in [0, 0.05) is 6.54 Å². The number of rotatable bonds is 6. The van der Waals surface area contributed by atoms with Gasteiger partial charge in [-0.15, -0.1) is 6.58 Å². The van der Waals surface area contributed by atoms with Crippen LogP contribution in [0.5, 0.6) is 0 Å². The van der Waals surface area contributed by atoms with Gasteiger partial charge in [-0.1, -0.05) is 68.3 Å². The van der Waals surface area contributed by atoms with E-state index in [4.69, 9.17) is 4.74 Å². The van der Waals surface area contributed by atoms with Gasteiger partial charge in [-0.05, 0) is 5.56 Å². The Hall–Kier alpha value is -0.650. The highest BCUT2D eigenvalue weighted by Crippen LogP contribution is 2.40. The van der Waals surface area contributed by atoms with Crippen LogP contribution in [-0.2, 0) is 9.53 Å². The van der Waals surface area contributed by atoms with Crippen LogP contribution in [0.2, 0.25) is 0 Å². The molecule has 0 heterocycles. The van der Waals surface area contributed by atoms with Crippen LogP contribution < -0.4 is 5.32 Å². The van der Waals surface area contributed by atoms with E-state index in [0.29, 0.717) is 6.54 Å². The fourth-order valence-electron chi connectivity index (χ4n) is 1.56. The number of carbonyl (C=O) groups is 1. The molecule has 5 heteroatoms. The highest BCUT2D eigenvalue weighted by molar-refractivity contribution is 9.26. The number of benzene rings is 1. The van der Waals surface area contributed by atoms with E-state index < -0.39 is 9.20 Å². The van der Waals surface area contributed by atoms with Gasteiger partial charge in [-0.3, -0.25) is 0 Å². The standard InChI is InChI=1S/C13H15Br2NO2/c1-3-9-16-11(10-7-5-4-6-8-10)13(14,15)12(17)18-2/h3-8,11,16H,1,9H2,2H3. The van der Waals surface area contributed by atoms with Crippen molar-refractivity contribution < 1.29 is 9.53 Å². The SMILES string of the molecule is C=CCNC(c1ccccc1)C(Br)(Br)C(=O)OC. The monoisotopic (exact) mass is 375 g/mol. The van der Waals surface area contributed by atoms with E-state index in [2.05, 4.69) is 43.8 Å². The molecule has 1 atom stereocenters. The summed E-state index contributed by atoms with van der Waals surface area (Å²) in [4.78, 5) is 11.8. The van der Waals surface area contributed by atoms with E-state index >= 15 is 0 Å². The Morgan fingerprint density at radius 2 is 2.11 bits per heavy atom. The van der Waals surface area contributed by atoms with Gasteiger partial charge in [0.05, 0.1) is 13.2 Å². The molecule has 0 spiro atoms. The maximum atomic E-state index is 11.8. The van der Waals surface area contributed by atoms with Crippen LogP contribution in [0.1, 0.15) is 11.6 Å². The molecule has 0 fully saturated rings. The molecule has 0 aliphatic carbocycles. The summed E-state index contributed by atoms with van der Waals surface area (Å²) in [5.74, 6) is -0.395. The van der Waals surface area contributed by atoms with Gasteiger partial charge in [0.25, 0.3) is 0 Å². The van der Waals surface area contributed by atoms with E-state index in [-0.39, 0.29) is 6.04 Å². The summed E-state index contributed by atoms with van der Waals surface area (Å²) < 4.78 is 3.78. The Balaban J connectivity index is 3.05. The van der Waals surface area contributed by atoms with Gasteiger partial charge >= 0.3 is 5.97 Å². The van der Waals surface area contributed by atoms with E-state index in [0.717, 1.165) is 5.56 Å². The lowest BCUT2D eigenvalue weighted by molar-refractivity contribution is -0.141. The summed E-state index contributed by atoms with van der Waals surface area (Å²) in [5.41, 5.74) is 0.971. The summed E-state index contributed by atoms with van der Waals surface area (Å²) in [5, 5.41) is 3.23. The van der Waals surface area contributed by atoms with E-state index in [9.17, 15) is 4.79 Å². The van der Waals surface area contributed by atoms with Crippen molar-refractivity contribution in [2.24, 2.45) is 0 Å². The Labute approximate surface area is 124 Å². The fraction of sp³-hybridized carbons (Fsp3) is 0.308. The molecule has 0 radical (unpaired) electrons. The number of hydrogen-bond acceptors (Lipinski definition) is 3. The van der Waals surface area contributed by atoms with E-state index in [1.807, 2.05) is 30.3 Å². The molecule has 18 heavy (non-hydrogen) atoms. The van der Waals surface area contributed by atoms with Gasteiger partial charge in [0.15, 0.2) is 3.23 Å². The van der Waals surface area contributed by atoms with Crippen LogP contribution in [0, 0.1) is 0 Å². The number of esters is 1. The molecule has 3 nitrogen and oxygen atoms in total. The second kappa shape index (κ2) is 7.07. The van der Waals surface area contributed by atoms with Crippen LogP contribution in [0.15, 0.2) is 43.0 Å². The summed E-state index contributed by atoms with van der Waals surface area (Å²) in [6.07, 6.45) is 1.74. The first-order chi connectivity index (χ1) is 8.54. The van der Waals surface area contributed by atoms with Crippen molar-refractivity contribution in [3.05, 3.63) is 48.6 Å². The maximum Gasteiger partial charge on any atom is 0.335 e. The second-order valence-electron chi connectivity index (χ2n) is 3.66. The van der Waals surface area contributed by atoms with Crippen molar-refractivity contribution in [1.29, 1.82) is 0 Å². The summed E-state index contributed by atoms with van der Waals surface area (Å²) in [7, 11) is 1.36. The average Bonchev–Trinajstić information content (AvgIpc) is 2.39. The van der Waals surface area contributed by atoms with Crippen LogP contribution >= 0.6 is 31.9 Å². The number of nitrogens with one attached hydrogen (secondary N) is 1. The minimum absolute atomic E-state index is 0.274. The molecule has 0 bridgehead atoms. The van der Waals surface area contributed by atoms with Crippen molar-refractivity contribution in [2.75, 3.05) is 13.7 Å². The largest absolute Gasteiger partial charge is 0.467 e. The molecule has 0 aromatic heterocycles. The lowest BCUT2D eigenvalue weighted by atomic mass is 10.0. The Bertz CT molecular complexity index is 407. The summed E-state index contributed by atoms with van der Waals surface area (Å²) in [6.45, 7) is 4.24. The summed E-state index contributed by atoms with van der Waals surface area (Å²) in [6, 6.07) is 9.39. The number of alkyl halides is 2. The third kappa shape index (κ3) is 3.67. The lowest BCUT2D eigenvalue weighted by Crippen LogP contribution is -2.41. The van der Waals surface area contributed by atoms with Crippen molar-refractivity contribution >= 4 is 37.8 Å². The lowest BCUT2D eigenvalue weighted by Gasteiger charge is -2.29. The normalized spacial score (nSPS) is 12.8. The molecule has 1 N–H and O–H groups in total. The first-order valence-corrected chi connectivity index (χ1v) is 6.98. The number of methoxy groups -OCH3 is 1. The highest BCUT2D eigenvalue weighted by Gasteiger charge is 2.42. The van der Waals surface area contributed by atoms with E-state index in [1.54, 1.807) is 6.08 Å². The van der Waals surface area contributed by atoms with Crippen molar-refractivity contribution in [3.8, 4) is 0 Å². The molecule has 0 amide bonds. The molecule has 1 aromatic rings. The van der Waals surface area contributed by atoms with Gasteiger partial charge < -0.3 is 10.1 Å². The topological polar surface area (TPSA) is 38.3 Å². The number of carbonyl (C=O) groups excluding carboxylic acids is 1. The molecule has 0 saturated carbocycles. The third-order valence-corrected chi connectivity index (χ3v) is 3.98. The van der Waals surface area contributed by atoms with Crippen LogP contribution in [0.4, 0.5) is 0 Å². The van der Waals surface area contributed by atoms with Crippen molar-refractivity contribution in [3.63, 3.8) is 0 Å². The molecular formula is C13H15Br2NO2. The molecule has 1 rings (SSSR count). The molecule has 0 aliphatic heterocycles. The third-order valence-electron chi connectivity index (χ3n) is 2.42. The van der Waals surface area contributed by atoms with Gasteiger partial charge in [-0.25, -0.2) is 4.79 Å². The average molecular weight is 377 g/mol. The second-order valence-corrected chi connectivity index (χ2v) is 7.22. The quantitative estimate of drug-likeness (QED) is 0.470. The minimum Gasteiger partial charge on any atom is -0.467 e. The van der Waals surface area contributed by atoms with Crippen LogP contribution in [0.25, 0.3) is 0 Å². The first kappa shape index (κ1) is 15.4. The van der Waals surface area contributed by atoms with Crippen LogP contribution in [-0.4, -0.2) is 22.9 Å². The zero-order valence-corrected chi connectivity index (χ0v) is 13.2. The molecule has 0 aliphatic rings. The van der Waals surface area contributed by atoms with Crippen molar-refractivity contribution in [1.82, 2.24) is 5.32 Å². The maximum absolute atomic E-state index is 11.8. The zero-order chi connectivity index (χ0) is 13.6. The van der Waals surface area contributed by atoms with Crippen molar-refractivity contribution in [2.45, 2.75) is 9.28 Å². The fourth-order valence-corrected chi connectivity index (χ4v) is 2.73. The first-order valence-electron chi connectivity index (χ1n) is 5.39. The van der Waals surface area contributed by atoms with E-state index in [1.165, 1.54) is 7.11 Å². The van der Waals surface area contributed by atoms with Crippen LogP contribution in [0.3, 0.4) is 0 Å². The molecular weight excluding hydrogens is 362 g/mol. The smallest absolute Gasteiger partial charge is 0.335 e. The Kier molecular flexibility index (Phi) is 6.05. The molecule has 0 saturated heterocycles. The molecule has 1 unspecified atom stereocenters. The minimum atomic E-state index is -1.01. The molecule has 1 aromatic carbocycles. The Morgan fingerprint density at radius 3 is 2.61 bits per heavy atom. The van der Waals surface area contributed by atoms with Gasteiger partial charge in [0.2, 0.25) is 0 Å². The predicted octanol–water partition coefficient (Wildman–Crippen LogP) is 3.16. The summed E-state index contributed by atoms with van der Waals surface area (Å²) >= 11 is 6.77. The number of halogens is 2.